The Morgan fingerprint density at radius 2 is 2.00 bits per heavy atom. The molecule has 1 amide bonds. The second kappa shape index (κ2) is 6.55. The standard InChI is InChI=1S/C19H22N4O2/c1-6-23-18-17(13(4)22-23)15(10-12(3)20-18)19(24)21-16-8-7-14(25-5)9-11(16)2/h7-10H,6H2,1-5H3,(H,21,24). The molecule has 130 valence electrons. The quantitative estimate of drug-likeness (QED) is 0.788. The van der Waals surface area contributed by atoms with Crippen LogP contribution in [0.2, 0.25) is 0 Å². The molecular formula is C19H22N4O2. The number of aromatic nitrogens is 3. The number of benzene rings is 1. The van der Waals surface area contributed by atoms with Crippen LogP contribution in [0.1, 0.15) is 34.2 Å². The maximum atomic E-state index is 12.9. The van der Waals surface area contributed by atoms with Gasteiger partial charge in [-0.1, -0.05) is 0 Å². The first-order chi connectivity index (χ1) is 11.9. The fourth-order valence-corrected chi connectivity index (χ4v) is 2.97. The van der Waals surface area contributed by atoms with E-state index in [1.54, 1.807) is 7.11 Å². The van der Waals surface area contributed by atoms with E-state index in [1.165, 1.54) is 0 Å². The number of methoxy groups -OCH3 is 1. The van der Waals surface area contributed by atoms with Gasteiger partial charge in [-0.3, -0.25) is 4.79 Å². The van der Waals surface area contributed by atoms with Gasteiger partial charge in [0, 0.05) is 17.9 Å². The number of hydrogen-bond donors (Lipinski definition) is 1. The predicted octanol–water partition coefficient (Wildman–Crippen LogP) is 3.64. The Hall–Kier alpha value is -2.89. The summed E-state index contributed by atoms with van der Waals surface area (Å²) in [5, 5.41) is 8.29. The lowest BCUT2D eigenvalue weighted by Crippen LogP contribution is -2.14. The molecule has 1 aromatic carbocycles. The zero-order chi connectivity index (χ0) is 18.1. The van der Waals surface area contributed by atoms with Gasteiger partial charge in [-0.15, -0.1) is 0 Å². The van der Waals surface area contributed by atoms with Crippen LogP contribution >= 0.6 is 0 Å². The maximum absolute atomic E-state index is 12.9. The highest BCUT2D eigenvalue weighted by atomic mass is 16.5. The zero-order valence-electron chi connectivity index (χ0n) is 15.2. The van der Waals surface area contributed by atoms with Crippen molar-refractivity contribution in [2.45, 2.75) is 34.2 Å². The third kappa shape index (κ3) is 3.07. The van der Waals surface area contributed by atoms with Gasteiger partial charge in [0.15, 0.2) is 5.65 Å². The number of fused-ring (bicyclic) bond motifs is 1. The highest BCUT2D eigenvalue weighted by Crippen LogP contribution is 2.25. The summed E-state index contributed by atoms with van der Waals surface area (Å²) in [7, 11) is 1.62. The fourth-order valence-electron chi connectivity index (χ4n) is 2.97. The fraction of sp³-hybridized carbons (Fsp3) is 0.316. The van der Waals surface area contributed by atoms with E-state index >= 15 is 0 Å². The van der Waals surface area contributed by atoms with E-state index in [-0.39, 0.29) is 5.91 Å². The van der Waals surface area contributed by atoms with Gasteiger partial charge in [0.05, 0.1) is 23.8 Å². The number of aryl methyl sites for hydroxylation is 4. The van der Waals surface area contributed by atoms with E-state index in [4.69, 9.17) is 4.74 Å². The van der Waals surface area contributed by atoms with E-state index < -0.39 is 0 Å². The molecule has 0 atom stereocenters. The average Bonchev–Trinajstić information content (AvgIpc) is 2.91. The average molecular weight is 338 g/mol. The van der Waals surface area contributed by atoms with Gasteiger partial charge in [-0.2, -0.15) is 5.10 Å². The number of hydrogen-bond acceptors (Lipinski definition) is 4. The number of pyridine rings is 1. The van der Waals surface area contributed by atoms with E-state index in [1.807, 2.05) is 56.6 Å². The topological polar surface area (TPSA) is 69.0 Å². The van der Waals surface area contributed by atoms with Crippen molar-refractivity contribution in [3.63, 3.8) is 0 Å². The number of anilines is 1. The van der Waals surface area contributed by atoms with Crippen molar-refractivity contribution in [2.24, 2.45) is 0 Å². The Labute approximate surface area is 146 Å². The van der Waals surface area contributed by atoms with Gasteiger partial charge in [0.2, 0.25) is 0 Å². The van der Waals surface area contributed by atoms with Gasteiger partial charge >= 0.3 is 0 Å². The summed E-state index contributed by atoms with van der Waals surface area (Å²) in [5.74, 6) is 0.597. The van der Waals surface area contributed by atoms with Crippen molar-refractivity contribution in [3.05, 3.63) is 46.8 Å². The van der Waals surface area contributed by atoms with Gasteiger partial charge < -0.3 is 10.1 Å². The summed E-state index contributed by atoms with van der Waals surface area (Å²) in [6, 6.07) is 7.38. The SMILES string of the molecule is CCn1nc(C)c2c(C(=O)Nc3ccc(OC)cc3C)cc(C)nc21. The molecule has 0 fully saturated rings. The molecule has 0 spiro atoms. The molecule has 2 aromatic heterocycles. The Balaban J connectivity index is 2.04. The molecule has 1 N–H and O–H groups in total. The van der Waals surface area contributed by atoms with Crippen molar-refractivity contribution < 1.29 is 9.53 Å². The third-order valence-electron chi connectivity index (χ3n) is 4.23. The third-order valence-corrected chi connectivity index (χ3v) is 4.23. The van der Waals surface area contributed by atoms with Crippen LogP contribution in [-0.4, -0.2) is 27.8 Å². The number of carbonyl (C=O) groups is 1. The van der Waals surface area contributed by atoms with Crippen LogP contribution in [-0.2, 0) is 6.54 Å². The van der Waals surface area contributed by atoms with Gasteiger partial charge in [0.1, 0.15) is 5.75 Å². The molecule has 0 aliphatic heterocycles. The first-order valence-electron chi connectivity index (χ1n) is 8.25. The van der Waals surface area contributed by atoms with Gasteiger partial charge in [-0.25, -0.2) is 9.67 Å². The highest BCUT2D eigenvalue weighted by molar-refractivity contribution is 6.12. The summed E-state index contributed by atoms with van der Waals surface area (Å²) >= 11 is 0. The van der Waals surface area contributed by atoms with E-state index in [9.17, 15) is 4.79 Å². The molecule has 25 heavy (non-hydrogen) atoms. The van der Waals surface area contributed by atoms with Crippen LogP contribution in [0.4, 0.5) is 5.69 Å². The van der Waals surface area contributed by atoms with Crippen molar-refractivity contribution in [3.8, 4) is 5.75 Å². The molecule has 0 saturated carbocycles. The number of rotatable bonds is 4. The Kier molecular flexibility index (Phi) is 4.44. The van der Waals surface area contributed by atoms with Crippen LogP contribution < -0.4 is 10.1 Å². The molecule has 0 saturated heterocycles. The molecule has 0 aliphatic carbocycles. The summed E-state index contributed by atoms with van der Waals surface area (Å²) in [6.45, 7) is 8.44. The predicted molar refractivity (Wildman–Crippen MR) is 98.4 cm³/mol. The maximum Gasteiger partial charge on any atom is 0.256 e. The number of amides is 1. The van der Waals surface area contributed by atoms with Crippen LogP contribution in [0.25, 0.3) is 11.0 Å². The second-order valence-electron chi connectivity index (χ2n) is 6.05. The van der Waals surface area contributed by atoms with Gasteiger partial charge in [0.25, 0.3) is 5.91 Å². The molecule has 6 heteroatoms. The Morgan fingerprint density at radius 1 is 1.24 bits per heavy atom. The number of nitrogens with one attached hydrogen (secondary N) is 1. The van der Waals surface area contributed by atoms with E-state index in [0.717, 1.165) is 39.4 Å². The minimum absolute atomic E-state index is 0.164. The summed E-state index contributed by atoms with van der Waals surface area (Å²) < 4.78 is 7.04. The highest BCUT2D eigenvalue weighted by Gasteiger charge is 2.19. The van der Waals surface area contributed by atoms with Crippen molar-refractivity contribution >= 4 is 22.6 Å². The van der Waals surface area contributed by atoms with Crippen molar-refractivity contribution in [1.29, 1.82) is 0 Å². The Bertz CT molecular complexity index is 960. The molecule has 0 radical (unpaired) electrons. The van der Waals surface area contributed by atoms with E-state index in [0.29, 0.717) is 12.1 Å². The van der Waals surface area contributed by atoms with Crippen LogP contribution in [0, 0.1) is 20.8 Å². The normalized spacial score (nSPS) is 10.9. The molecule has 6 nitrogen and oxygen atoms in total. The second-order valence-corrected chi connectivity index (χ2v) is 6.05. The first-order valence-corrected chi connectivity index (χ1v) is 8.25. The van der Waals surface area contributed by atoms with E-state index in [2.05, 4.69) is 15.4 Å². The molecule has 0 bridgehead atoms. The summed E-state index contributed by atoms with van der Waals surface area (Å²) in [6.07, 6.45) is 0. The lowest BCUT2D eigenvalue weighted by atomic mass is 10.1. The van der Waals surface area contributed by atoms with Crippen LogP contribution in [0.15, 0.2) is 24.3 Å². The van der Waals surface area contributed by atoms with Crippen LogP contribution in [0.3, 0.4) is 0 Å². The summed E-state index contributed by atoms with van der Waals surface area (Å²) in [4.78, 5) is 17.5. The molecule has 0 aliphatic rings. The Morgan fingerprint density at radius 3 is 2.64 bits per heavy atom. The van der Waals surface area contributed by atoms with Crippen molar-refractivity contribution in [1.82, 2.24) is 14.8 Å². The minimum atomic E-state index is -0.164. The molecule has 3 rings (SSSR count). The molecular weight excluding hydrogens is 316 g/mol. The molecule has 3 aromatic rings. The number of nitrogens with zero attached hydrogens (tertiary/aromatic N) is 3. The molecule has 2 heterocycles. The van der Waals surface area contributed by atoms with Crippen LogP contribution in [0.5, 0.6) is 5.75 Å². The zero-order valence-corrected chi connectivity index (χ0v) is 15.2. The monoisotopic (exact) mass is 338 g/mol. The number of ether oxygens (including phenoxy) is 1. The first kappa shape index (κ1) is 17.0. The largest absolute Gasteiger partial charge is 0.497 e. The molecule has 0 unspecified atom stereocenters. The minimum Gasteiger partial charge on any atom is -0.497 e. The lowest BCUT2D eigenvalue weighted by molar-refractivity contribution is 0.102. The summed E-state index contributed by atoms with van der Waals surface area (Å²) in [5.41, 5.74) is 4.64. The smallest absolute Gasteiger partial charge is 0.256 e. The lowest BCUT2D eigenvalue weighted by Gasteiger charge is -2.11. The number of carbonyl (C=O) groups excluding carboxylic acids is 1. The van der Waals surface area contributed by atoms with Gasteiger partial charge in [-0.05, 0) is 57.5 Å². The van der Waals surface area contributed by atoms with Crippen molar-refractivity contribution in [2.75, 3.05) is 12.4 Å².